The van der Waals surface area contributed by atoms with Gasteiger partial charge in [0, 0.05) is 6.42 Å². The fourth-order valence-corrected chi connectivity index (χ4v) is 2.29. The normalized spacial score (nSPS) is 9.19. The quantitative estimate of drug-likeness (QED) is 0.386. The van der Waals surface area contributed by atoms with Crippen molar-refractivity contribution in [1.82, 2.24) is 0 Å². The van der Waals surface area contributed by atoms with E-state index in [0.717, 1.165) is 12.8 Å². The van der Waals surface area contributed by atoms with Gasteiger partial charge in [-0.1, -0.05) is 84.0 Å². The molecule has 1 N–H and O–H groups in total. The van der Waals surface area contributed by atoms with Crippen LogP contribution in [0.3, 0.4) is 0 Å². The van der Waals surface area contributed by atoms with E-state index >= 15 is 0 Å². The Morgan fingerprint density at radius 1 is 0.667 bits per heavy atom. The van der Waals surface area contributed by atoms with E-state index in [1.54, 1.807) is 0 Å². The summed E-state index contributed by atoms with van der Waals surface area (Å²) in [7, 11) is 0. The summed E-state index contributed by atoms with van der Waals surface area (Å²) in [6.45, 7) is 2.26. The average Bonchev–Trinajstić information content (AvgIpc) is 2.34. The number of carboxylic acids is 1. The SMILES string of the molecule is CCCCCCCCCCCCCCCC(=O)O.[KH].[NaH].[NaH]. The van der Waals surface area contributed by atoms with Crippen molar-refractivity contribution >= 4 is 116 Å². The zero-order valence-electron chi connectivity index (χ0n) is 12.3. The molecular formula is C16H35KNa2O2. The molecule has 0 aromatic rings. The maximum absolute atomic E-state index is 10.3. The Morgan fingerprint density at radius 3 is 1.24 bits per heavy atom. The summed E-state index contributed by atoms with van der Waals surface area (Å²) >= 11 is 0. The second kappa shape index (κ2) is 27.9. The van der Waals surface area contributed by atoms with Gasteiger partial charge in [0.25, 0.3) is 0 Å². The average molecular weight is 345 g/mol. The van der Waals surface area contributed by atoms with Gasteiger partial charge in [-0.3, -0.25) is 4.79 Å². The van der Waals surface area contributed by atoms with E-state index in [9.17, 15) is 4.79 Å². The van der Waals surface area contributed by atoms with Crippen molar-refractivity contribution in [2.24, 2.45) is 0 Å². The van der Waals surface area contributed by atoms with E-state index in [-0.39, 0.29) is 110 Å². The van der Waals surface area contributed by atoms with Crippen molar-refractivity contribution in [3.8, 4) is 0 Å². The molecule has 0 aromatic heterocycles. The molecule has 0 aliphatic rings. The van der Waals surface area contributed by atoms with Gasteiger partial charge in [-0.2, -0.15) is 0 Å². The predicted octanol–water partition coefficient (Wildman–Crippen LogP) is 3.61. The van der Waals surface area contributed by atoms with E-state index in [4.69, 9.17) is 5.11 Å². The molecule has 0 atom stereocenters. The third-order valence-electron chi connectivity index (χ3n) is 3.49. The molecular weight excluding hydrogens is 309 g/mol. The van der Waals surface area contributed by atoms with Gasteiger partial charge >= 0.3 is 116 Å². The Bertz CT molecular complexity index is 193. The van der Waals surface area contributed by atoms with Crippen LogP contribution in [0.1, 0.15) is 96.8 Å². The van der Waals surface area contributed by atoms with Crippen LogP contribution in [0, 0.1) is 0 Å². The fourth-order valence-electron chi connectivity index (χ4n) is 2.29. The van der Waals surface area contributed by atoms with Gasteiger partial charge in [0.05, 0.1) is 0 Å². The third-order valence-corrected chi connectivity index (χ3v) is 3.49. The van der Waals surface area contributed by atoms with Crippen LogP contribution >= 0.6 is 0 Å². The Hall–Kier alpha value is 3.11. The Morgan fingerprint density at radius 2 is 0.952 bits per heavy atom. The fraction of sp³-hybridized carbons (Fsp3) is 0.938. The van der Waals surface area contributed by atoms with Crippen molar-refractivity contribution in [1.29, 1.82) is 0 Å². The molecule has 0 unspecified atom stereocenters. The molecule has 0 saturated carbocycles. The van der Waals surface area contributed by atoms with Crippen LogP contribution in [0.2, 0.25) is 0 Å². The standard InChI is InChI=1S/C16H32O2.K.2Na.3H/c1-2-3-4-5-6-7-8-9-10-11-12-13-14-15-16(17)18;;;;;;/h2-15H2,1H3,(H,17,18);;;;;;. The van der Waals surface area contributed by atoms with Gasteiger partial charge in [-0.15, -0.1) is 0 Å². The first-order valence-corrected chi connectivity index (χ1v) is 7.99. The Labute approximate surface area is 219 Å². The summed E-state index contributed by atoms with van der Waals surface area (Å²) in [6, 6.07) is 0. The number of rotatable bonds is 14. The van der Waals surface area contributed by atoms with E-state index in [0.29, 0.717) is 6.42 Å². The molecule has 0 aromatic carbocycles. The van der Waals surface area contributed by atoms with E-state index < -0.39 is 5.97 Å². The summed E-state index contributed by atoms with van der Waals surface area (Å²) < 4.78 is 0. The molecule has 0 spiro atoms. The Kier molecular flexibility index (Phi) is 42.3. The molecule has 5 heteroatoms. The summed E-state index contributed by atoms with van der Waals surface area (Å²) in [5, 5.41) is 8.49. The van der Waals surface area contributed by atoms with Gasteiger partial charge in [0.15, 0.2) is 0 Å². The molecule has 114 valence electrons. The van der Waals surface area contributed by atoms with Gasteiger partial charge in [-0.05, 0) is 6.42 Å². The van der Waals surface area contributed by atoms with E-state index in [2.05, 4.69) is 6.92 Å². The van der Waals surface area contributed by atoms with Crippen LogP contribution in [0.25, 0.3) is 0 Å². The van der Waals surface area contributed by atoms with Crippen LogP contribution in [0.4, 0.5) is 0 Å². The first-order chi connectivity index (χ1) is 8.77. The van der Waals surface area contributed by atoms with Gasteiger partial charge < -0.3 is 5.11 Å². The number of aliphatic carboxylic acids is 1. The topological polar surface area (TPSA) is 37.3 Å². The van der Waals surface area contributed by atoms with Crippen LogP contribution in [-0.4, -0.2) is 122 Å². The van der Waals surface area contributed by atoms with E-state index in [1.165, 1.54) is 70.6 Å². The van der Waals surface area contributed by atoms with Crippen molar-refractivity contribution in [3.05, 3.63) is 0 Å². The van der Waals surface area contributed by atoms with Crippen LogP contribution < -0.4 is 0 Å². The van der Waals surface area contributed by atoms with Crippen molar-refractivity contribution in [3.63, 3.8) is 0 Å². The summed E-state index contributed by atoms with van der Waals surface area (Å²) in [4.78, 5) is 10.3. The number of carbonyl (C=O) groups is 1. The first-order valence-electron chi connectivity index (χ1n) is 7.99. The van der Waals surface area contributed by atoms with Crippen LogP contribution in [0.15, 0.2) is 0 Å². The first kappa shape index (κ1) is 31.8. The Balaban J connectivity index is -0.000000482. The molecule has 0 saturated heterocycles. The molecule has 0 aliphatic heterocycles. The predicted molar refractivity (Wildman–Crippen MR) is 99.4 cm³/mol. The van der Waals surface area contributed by atoms with Gasteiger partial charge in [0.1, 0.15) is 0 Å². The second-order valence-corrected chi connectivity index (χ2v) is 5.39. The zero-order chi connectivity index (χ0) is 13.5. The number of hydrogen-bond donors (Lipinski definition) is 1. The number of carboxylic acid groups (broad SMARTS) is 1. The molecule has 0 radical (unpaired) electrons. The van der Waals surface area contributed by atoms with Crippen LogP contribution in [0.5, 0.6) is 0 Å². The van der Waals surface area contributed by atoms with Gasteiger partial charge in [0.2, 0.25) is 0 Å². The number of unbranched alkanes of at least 4 members (excludes halogenated alkanes) is 12. The molecule has 0 fully saturated rings. The maximum atomic E-state index is 10.3. The molecule has 21 heavy (non-hydrogen) atoms. The monoisotopic (exact) mass is 344 g/mol. The molecule has 0 bridgehead atoms. The van der Waals surface area contributed by atoms with Crippen LogP contribution in [-0.2, 0) is 4.79 Å². The third kappa shape index (κ3) is 31.4. The second-order valence-electron chi connectivity index (χ2n) is 5.39. The molecule has 0 heterocycles. The number of hydrogen-bond acceptors (Lipinski definition) is 1. The molecule has 2 nitrogen and oxygen atoms in total. The van der Waals surface area contributed by atoms with E-state index in [1.807, 2.05) is 0 Å². The molecule has 0 rings (SSSR count). The zero-order valence-corrected chi connectivity index (χ0v) is 12.3. The van der Waals surface area contributed by atoms with Crippen molar-refractivity contribution in [2.45, 2.75) is 96.8 Å². The van der Waals surface area contributed by atoms with Crippen molar-refractivity contribution in [2.75, 3.05) is 0 Å². The molecule has 0 amide bonds. The summed E-state index contributed by atoms with van der Waals surface area (Å²) in [6.07, 6.45) is 17.3. The summed E-state index contributed by atoms with van der Waals surface area (Å²) in [5.74, 6) is -0.655. The summed E-state index contributed by atoms with van der Waals surface area (Å²) in [5.41, 5.74) is 0. The van der Waals surface area contributed by atoms with Gasteiger partial charge in [-0.25, -0.2) is 0 Å². The van der Waals surface area contributed by atoms with Crippen molar-refractivity contribution < 1.29 is 9.90 Å². The minimum absolute atomic E-state index is 0. The minimum atomic E-state index is -0.655. The molecule has 0 aliphatic carbocycles.